The molecule has 1 aromatic carbocycles. The average molecular weight is 286 g/mol. The smallest absolute Gasteiger partial charge is 0.123 e. The van der Waals surface area contributed by atoms with E-state index in [1.165, 1.54) is 6.07 Å². The number of aliphatic hydroxyl groups excluding tert-OH is 1. The van der Waals surface area contributed by atoms with E-state index in [1.54, 1.807) is 18.3 Å². The fourth-order valence-corrected chi connectivity index (χ4v) is 2.99. The molecule has 1 aliphatic heterocycles. The second-order valence-corrected chi connectivity index (χ2v) is 5.59. The summed E-state index contributed by atoms with van der Waals surface area (Å²) in [6.07, 6.45) is 4.79. The van der Waals surface area contributed by atoms with Gasteiger partial charge in [0.25, 0.3) is 0 Å². The van der Waals surface area contributed by atoms with Crippen molar-refractivity contribution in [2.24, 2.45) is 0 Å². The Morgan fingerprint density at radius 2 is 2.10 bits per heavy atom. The van der Waals surface area contributed by atoms with Crippen molar-refractivity contribution >= 4 is 0 Å². The Labute approximate surface area is 124 Å². The molecule has 21 heavy (non-hydrogen) atoms. The minimum Gasteiger partial charge on any atom is -0.391 e. The van der Waals surface area contributed by atoms with Crippen molar-refractivity contribution in [3.63, 3.8) is 0 Å². The largest absolute Gasteiger partial charge is 0.391 e. The first-order valence-electron chi connectivity index (χ1n) is 7.28. The number of hydrogen-bond acceptors (Lipinski definition) is 3. The second kappa shape index (κ2) is 6.33. The molecular weight excluding hydrogens is 267 g/mol. The van der Waals surface area contributed by atoms with Crippen molar-refractivity contribution in [2.45, 2.75) is 31.5 Å². The quantitative estimate of drug-likeness (QED) is 0.937. The highest BCUT2D eigenvalue weighted by Crippen LogP contribution is 2.24. The van der Waals surface area contributed by atoms with E-state index in [-0.39, 0.29) is 18.0 Å². The zero-order chi connectivity index (χ0) is 14.7. The third-order valence-corrected chi connectivity index (χ3v) is 4.07. The summed E-state index contributed by atoms with van der Waals surface area (Å²) in [6, 6.07) is 10.7. The van der Waals surface area contributed by atoms with Crippen LogP contribution in [0.3, 0.4) is 0 Å². The summed E-state index contributed by atoms with van der Waals surface area (Å²) in [4.78, 5) is 6.35. The normalized spacial score (nSPS) is 22.6. The standard InChI is InChI=1S/C17H19FN2O/c18-15-5-1-3-14(9-15)12-20-8-6-17(21)16(20)10-13-4-2-7-19-11-13/h1-5,7,9,11,16-17,21H,6,8,10,12H2/t16-,17+/m0/s1. The molecule has 3 rings (SSSR count). The number of nitrogens with zero attached hydrogens (tertiary/aromatic N) is 2. The third kappa shape index (κ3) is 3.46. The van der Waals surface area contributed by atoms with Gasteiger partial charge in [-0.1, -0.05) is 18.2 Å². The van der Waals surface area contributed by atoms with Crippen LogP contribution >= 0.6 is 0 Å². The van der Waals surface area contributed by atoms with E-state index in [2.05, 4.69) is 9.88 Å². The van der Waals surface area contributed by atoms with Gasteiger partial charge in [0.1, 0.15) is 5.82 Å². The van der Waals surface area contributed by atoms with Crippen LogP contribution in [0.2, 0.25) is 0 Å². The summed E-state index contributed by atoms with van der Waals surface area (Å²) >= 11 is 0. The van der Waals surface area contributed by atoms with Gasteiger partial charge in [-0.2, -0.15) is 0 Å². The topological polar surface area (TPSA) is 36.4 Å². The number of aromatic nitrogens is 1. The predicted octanol–water partition coefficient (Wildman–Crippen LogP) is 2.40. The van der Waals surface area contributed by atoms with E-state index < -0.39 is 0 Å². The molecule has 3 nitrogen and oxygen atoms in total. The molecule has 1 aromatic heterocycles. The Balaban J connectivity index is 1.72. The number of benzene rings is 1. The molecule has 2 atom stereocenters. The molecule has 0 radical (unpaired) electrons. The summed E-state index contributed by atoms with van der Waals surface area (Å²) < 4.78 is 13.3. The lowest BCUT2D eigenvalue weighted by atomic mass is 10.0. The fourth-order valence-electron chi connectivity index (χ4n) is 2.99. The van der Waals surface area contributed by atoms with Gasteiger partial charge in [0.15, 0.2) is 0 Å². The van der Waals surface area contributed by atoms with E-state index in [0.717, 1.165) is 30.5 Å². The Hall–Kier alpha value is -1.78. The minimum absolute atomic E-state index is 0.0671. The molecular formula is C17H19FN2O. The first-order valence-corrected chi connectivity index (χ1v) is 7.28. The Morgan fingerprint density at radius 1 is 1.24 bits per heavy atom. The average Bonchev–Trinajstić information content (AvgIpc) is 2.81. The van der Waals surface area contributed by atoms with E-state index in [4.69, 9.17) is 0 Å². The molecule has 1 fully saturated rings. The molecule has 0 unspecified atom stereocenters. The summed E-state index contributed by atoms with van der Waals surface area (Å²) in [6.45, 7) is 1.50. The van der Waals surface area contributed by atoms with Gasteiger partial charge >= 0.3 is 0 Å². The van der Waals surface area contributed by atoms with Gasteiger partial charge in [0.2, 0.25) is 0 Å². The highest BCUT2D eigenvalue weighted by Gasteiger charge is 2.32. The van der Waals surface area contributed by atoms with Crippen LogP contribution in [-0.2, 0) is 13.0 Å². The van der Waals surface area contributed by atoms with E-state index >= 15 is 0 Å². The number of rotatable bonds is 4. The Kier molecular flexibility index (Phi) is 4.27. The molecule has 2 aromatic rings. The first kappa shape index (κ1) is 14.2. The SMILES string of the molecule is O[C@@H]1CCN(Cc2cccc(F)c2)[C@H]1Cc1cccnc1. The number of likely N-dealkylation sites (tertiary alicyclic amines) is 1. The van der Waals surface area contributed by atoms with Gasteiger partial charge in [-0.3, -0.25) is 9.88 Å². The maximum atomic E-state index is 13.3. The maximum Gasteiger partial charge on any atom is 0.123 e. The molecule has 1 N–H and O–H groups in total. The van der Waals surface area contributed by atoms with Crippen LogP contribution in [0.1, 0.15) is 17.5 Å². The molecule has 0 amide bonds. The number of pyridine rings is 1. The summed E-state index contributed by atoms with van der Waals surface area (Å²) in [5, 5.41) is 10.2. The highest BCUT2D eigenvalue weighted by molar-refractivity contribution is 5.17. The van der Waals surface area contributed by atoms with Crippen molar-refractivity contribution < 1.29 is 9.50 Å². The van der Waals surface area contributed by atoms with Crippen LogP contribution in [0, 0.1) is 5.82 Å². The Bertz CT molecular complexity index is 590. The predicted molar refractivity (Wildman–Crippen MR) is 79.2 cm³/mol. The van der Waals surface area contributed by atoms with Crippen molar-refractivity contribution in [3.8, 4) is 0 Å². The molecule has 4 heteroatoms. The zero-order valence-electron chi connectivity index (χ0n) is 11.8. The molecule has 1 aliphatic rings. The maximum absolute atomic E-state index is 13.3. The minimum atomic E-state index is -0.334. The van der Waals surface area contributed by atoms with Crippen LogP contribution in [-0.4, -0.2) is 33.7 Å². The lowest BCUT2D eigenvalue weighted by Gasteiger charge is -2.26. The van der Waals surface area contributed by atoms with Gasteiger partial charge in [0.05, 0.1) is 6.10 Å². The molecule has 0 bridgehead atoms. The van der Waals surface area contributed by atoms with Crippen LogP contribution in [0.15, 0.2) is 48.8 Å². The van der Waals surface area contributed by atoms with Crippen molar-refractivity contribution in [1.29, 1.82) is 0 Å². The van der Waals surface area contributed by atoms with Gasteiger partial charge in [-0.05, 0) is 42.2 Å². The first-order chi connectivity index (χ1) is 10.2. The van der Waals surface area contributed by atoms with Crippen molar-refractivity contribution in [3.05, 3.63) is 65.7 Å². The van der Waals surface area contributed by atoms with Crippen LogP contribution in [0.5, 0.6) is 0 Å². The summed E-state index contributed by atoms with van der Waals surface area (Å²) in [7, 11) is 0. The van der Waals surface area contributed by atoms with Gasteiger partial charge < -0.3 is 5.11 Å². The molecule has 0 aliphatic carbocycles. The number of halogens is 1. The molecule has 2 heterocycles. The van der Waals surface area contributed by atoms with Crippen LogP contribution in [0.4, 0.5) is 4.39 Å². The summed E-state index contributed by atoms with van der Waals surface area (Å²) in [5.74, 6) is -0.212. The van der Waals surface area contributed by atoms with Gasteiger partial charge in [-0.15, -0.1) is 0 Å². The van der Waals surface area contributed by atoms with E-state index in [0.29, 0.717) is 6.54 Å². The molecule has 110 valence electrons. The summed E-state index contributed by atoms with van der Waals surface area (Å²) in [5.41, 5.74) is 2.06. The molecule has 0 saturated carbocycles. The third-order valence-electron chi connectivity index (χ3n) is 4.07. The van der Waals surface area contributed by atoms with E-state index in [9.17, 15) is 9.50 Å². The van der Waals surface area contributed by atoms with Crippen LogP contribution < -0.4 is 0 Å². The van der Waals surface area contributed by atoms with E-state index in [1.807, 2.05) is 24.4 Å². The van der Waals surface area contributed by atoms with Gasteiger partial charge in [0, 0.05) is 31.5 Å². The number of aliphatic hydroxyl groups is 1. The second-order valence-electron chi connectivity index (χ2n) is 5.59. The number of hydrogen-bond donors (Lipinski definition) is 1. The fraction of sp³-hybridized carbons (Fsp3) is 0.353. The van der Waals surface area contributed by atoms with Crippen LogP contribution in [0.25, 0.3) is 0 Å². The lowest BCUT2D eigenvalue weighted by molar-refractivity contribution is 0.112. The van der Waals surface area contributed by atoms with Crippen molar-refractivity contribution in [2.75, 3.05) is 6.54 Å². The highest BCUT2D eigenvalue weighted by atomic mass is 19.1. The van der Waals surface area contributed by atoms with Crippen molar-refractivity contribution in [1.82, 2.24) is 9.88 Å². The monoisotopic (exact) mass is 286 g/mol. The Morgan fingerprint density at radius 3 is 2.86 bits per heavy atom. The van der Waals surface area contributed by atoms with Gasteiger partial charge in [-0.25, -0.2) is 4.39 Å². The lowest BCUT2D eigenvalue weighted by Crippen LogP contribution is -2.36. The zero-order valence-corrected chi connectivity index (χ0v) is 11.8. The molecule has 1 saturated heterocycles. The molecule has 0 spiro atoms.